The molecule has 2 aromatic rings. The molecule has 5 nitrogen and oxygen atoms in total. The van der Waals surface area contributed by atoms with Crippen LogP contribution in [-0.2, 0) is 7.05 Å². The van der Waals surface area contributed by atoms with Gasteiger partial charge in [-0.25, -0.2) is 0 Å². The number of hydrogen-bond acceptors (Lipinski definition) is 4. The average Bonchev–Trinajstić information content (AvgIpc) is 2.83. The van der Waals surface area contributed by atoms with E-state index in [0.29, 0.717) is 17.1 Å². The van der Waals surface area contributed by atoms with Gasteiger partial charge in [-0.15, -0.1) is 0 Å². The maximum atomic E-state index is 9.96. The summed E-state index contributed by atoms with van der Waals surface area (Å²) < 4.78 is 1.64. The van der Waals surface area contributed by atoms with Gasteiger partial charge in [0.2, 0.25) is 0 Å². The molecule has 0 radical (unpaired) electrons. The number of nitriles is 1. The number of aliphatic hydroxyl groups excluding tert-OH is 1. The van der Waals surface area contributed by atoms with Crippen LogP contribution in [0.2, 0.25) is 5.02 Å². The van der Waals surface area contributed by atoms with Crippen molar-refractivity contribution in [3.8, 4) is 6.07 Å². The number of hydrogen-bond donors (Lipinski definition) is 2. The number of benzene rings is 1. The molecule has 0 amide bonds. The van der Waals surface area contributed by atoms with Crippen molar-refractivity contribution < 1.29 is 5.11 Å². The van der Waals surface area contributed by atoms with Crippen molar-refractivity contribution >= 4 is 17.3 Å². The smallest absolute Gasteiger partial charge is 0.101 e. The third-order valence-electron chi connectivity index (χ3n) is 2.70. The van der Waals surface area contributed by atoms with Crippen molar-refractivity contribution in [3.63, 3.8) is 0 Å². The normalized spacial score (nSPS) is 11.9. The standard InChI is InChI=1S/C13H13ClN4O/c1-18-8-10(6-17-18)13(19)7-16-11-3-2-9(5-15)12(14)4-11/h2-4,6,8,13,16,19H,7H2,1H3. The first-order chi connectivity index (χ1) is 9.10. The van der Waals surface area contributed by atoms with Crippen LogP contribution in [0.3, 0.4) is 0 Å². The predicted octanol–water partition coefficient (Wildman–Crippen LogP) is 2.09. The highest BCUT2D eigenvalue weighted by Gasteiger charge is 2.09. The molecule has 0 fully saturated rings. The van der Waals surface area contributed by atoms with Crippen LogP contribution in [0.1, 0.15) is 17.2 Å². The lowest BCUT2D eigenvalue weighted by Crippen LogP contribution is -2.11. The Morgan fingerprint density at radius 2 is 2.37 bits per heavy atom. The molecule has 1 aromatic heterocycles. The Labute approximate surface area is 116 Å². The number of nitrogens with zero attached hydrogens (tertiary/aromatic N) is 3. The van der Waals surface area contributed by atoms with Crippen LogP contribution in [0.15, 0.2) is 30.6 Å². The van der Waals surface area contributed by atoms with Crippen molar-refractivity contribution in [1.29, 1.82) is 5.26 Å². The van der Waals surface area contributed by atoms with Gasteiger partial charge in [0.25, 0.3) is 0 Å². The van der Waals surface area contributed by atoms with Crippen molar-refractivity contribution in [2.24, 2.45) is 7.05 Å². The summed E-state index contributed by atoms with van der Waals surface area (Å²) in [6, 6.07) is 7.05. The van der Waals surface area contributed by atoms with E-state index in [2.05, 4.69) is 10.4 Å². The molecular weight excluding hydrogens is 264 g/mol. The van der Waals surface area contributed by atoms with Crippen LogP contribution in [0, 0.1) is 11.3 Å². The number of aryl methyl sites for hydroxylation is 1. The molecule has 1 atom stereocenters. The lowest BCUT2D eigenvalue weighted by Gasteiger charge is -2.11. The van der Waals surface area contributed by atoms with Crippen LogP contribution >= 0.6 is 11.6 Å². The molecule has 19 heavy (non-hydrogen) atoms. The van der Waals surface area contributed by atoms with Crippen molar-refractivity contribution in [2.45, 2.75) is 6.10 Å². The molecule has 0 saturated carbocycles. The van der Waals surface area contributed by atoms with Crippen LogP contribution in [0.4, 0.5) is 5.69 Å². The van der Waals surface area contributed by atoms with Gasteiger partial charge in [-0.1, -0.05) is 11.6 Å². The minimum atomic E-state index is -0.650. The zero-order valence-electron chi connectivity index (χ0n) is 10.3. The largest absolute Gasteiger partial charge is 0.386 e. The van der Waals surface area contributed by atoms with E-state index < -0.39 is 6.10 Å². The fourth-order valence-electron chi connectivity index (χ4n) is 1.66. The van der Waals surface area contributed by atoms with Gasteiger partial charge in [0, 0.05) is 31.0 Å². The van der Waals surface area contributed by atoms with Crippen LogP contribution in [0.25, 0.3) is 0 Å². The van der Waals surface area contributed by atoms with Gasteiger partial charge in [0.05, 0.1) is 22.9 Å². The molecule has 6 heteroatoms. The summed E-state index contributed by atoms with van der Waals surface area (Å²) >= 11 is 5.93. The Morgan fingerprint density at radius 3 is 2.95 bits per heavy atom. The Bertz CT molecular complexity index is 617. The average molecular weight is 277 g/mol. The van der Waals surface area contributed by atoms with Gasteiger partial charge < -0.3 is 10.4 Å². The van der Waals surface area contributed by atoms with Gasteiger partial charge in [-0.05, 0) is 18.2 Å². The minimum Gasteiger partial charge on any atom is -0.386 e. The van der Waals surface area contributed by atoms with E-state index >= 15 is 0 Å². The molecular formula is C13H13ClN4O. The lowest BCUT2D eigenvalue weighted by atomic mass is 10.2. The number of halogens is 1. The predicted molar refractivity (Wildman–Crippen MR) is 72.8 cm³/mol. The summed E-state index contributed by atoms with van der Waals surface area (Å²) in [7, 11) is 1.80. The number of aliphatic hydroxyl groups is 1. The van der Waals surface area contributed by atoms with Gasteiger partial charge in [0.1, 0.15) is 6.07 Å². The first-order valence-electron chi connectivity index (χ1n) is 5.70. The number of nitrogens with one attached hydrogen (secondary N) is 1. The molecule has 0 aliphatic carbocycles. The Morgan fingerprint density at radius 1 is 1.58 bits per heavy atom. The third kappa shape index (κ3) is 3.25. The third-order valence-corrected chi connectivity index (χ3v) is 3.01. The van der Waals surface area contributed by atoms with Gasteiger partial charge >= 0.3 is 0 Å². The molecule has 1 aromatic carbocycles. The Balaban J connectivity index is 1.99. The maximum Gasteiger partial charge on any atom is 0.101 e. The first-order valence-corrected chi connectivity index (χ1v) is 6.08. The maximum absolute atomic E-state index is 9.96. The number of anilines is 1. The fourth-order valence-corrected chi connectivity index (χ4v) is 1.88. The molecule has 0 saturated heterocycles. The highest BCUT2D eigenvalue weighted by atomic mass is 35.5. The van der Waals surface area contributed by atoms with E-state index in [4.69, 9.17) is 16.9 Å². The van der Waals surface area contributed by atoms with E-state index in [1.54, 1.807) is 42.3 Å². The van der Waals surface area contributed by atoms with Crippen LogP contribution in [-0.4, -0.2) is 21.4 Å². The zero-order valence-corrected chi connectivity index (χ0v) is 11.1. The minimum absolute atomic E-state index is 0.341. The summed E-state index contributed by atoms with van der Waals surface area (Å²) in [5, 5.41) is 26.2. The molecule has 98 valence electrons. The summed E-state index contributed by atoms with van der Waals surface area (Å²) in [4.78, 5) is 0. The van der Waals surface area contributed by atoms with Crippen molar-refractivity contribution in [1.82, 2.24) is 9.78 Å². The molecule has 1 unspecified atom stereocenters. The summed E-state index contributed by atoms with van der Waals surface area (Å²) in [5.74, 6) is 0. The number of rotatable bonds is 4. The second kappa shape index (κ2) is 5.74. The molecule has 0 bridgehead atoms. The van der Waals surface area contributed by atoms with E-state index in [0.717, 1.165) is 11.3 Å². The van der Waals surface area contributed by atoms with E-state index in [9.17, 15) is 5.11 Å². The zero-order chi connectivity index (χ0) is 13.8. The van der Waals surface area contributed by atoms with Crippen LogP contribution < -0.4 is 5.32 Å². The second-order valence-electron chi connectivity index (χ2n) is 4.15. The van der Waals surface area contributed by atoms with Gasteiger partial charge in [0.15, 0.2) is 0 Å². The lowest BCUT2D eigenvalue weighted by molar-refractivity contribution is 0.191. The molecule has 1 heterocycles. The molecule has 0 aliphatic rings. The van der Waals surface area contributed by atoms with Crippen molar-refractivity contribution in [2.75, 3.05) is 11.9 Å². The monoisotopic (exact) mass is 276 g/mol. The highest BCUT2D eigenvalue weighted by Crippen LogP contribution is 2.21. The van der Waals surface area contributed by atoms with E-state index in [1.165, 1.54) is 0 Å². The summed E-state index contributed by atoms with van der Waals surface area (Å²) in [6.45, 7) is 0.341. The van der Waals surface area contributed by atoms with E-state index in [-0.39, 0.29) is 0 Å². The Kier molecular flexibility index (Phi) is 4.05. The number of aromatic nitrogens is 2. The molecule has 0 aliphatic heterocycles. The van der Waals surface area contributed by atoms with Gasteiger partial charge in [-0.3, -0.25) is 4.68 Å². The molecule has 2 N–H and O–H groups in total. The van der Waals surface area contributed by atoms with Gasteiger partial charge in [-0.2, -0.15) is 10.4 Å². The van der Waals surface area contributed by atoms with E-state index in [1.807, 2.05) is 6.07 Å². The SMILES string of the molecule is Cn1cc(C(O)CNc2ccc(C#N)c(Cl)c2)cn1. The quantitative estimate of drug-likeness (QED) is 0.897. The fraction of sp³-hybridized carbons (Fsp3) is 0.231. The summed E-state index contributed by atoms with van der Waals surface area (Å²) in [5.41, 5.74) is 1.93. The molecule has 0 spiro atoms. The molecule has 2 rings (SSSR count). The Hall–Kier alpha value is -2.03. The van der Waals surface area contributed by atoms with Crippen molar-refractivity contribution in [3.05, 3.63) is 46.7 Å². The summed E-state index contributed by atoms with van der Waals surface area (Å²) in [6.07, 6.45) is 2.74. The second-order valence-corrected chi connectivity index (χ2v) is 4.56. The topological polar surface area (TPSA) is 73.9 Å². The highest BCUT2D eigenvalue weighted by molar-refractivity contribution is 6.32. The first kappa shape index (κ1) is 13.4. The van der Waals surface area contributed by atoms with Crippen LogP contribution in [0.5, 0.6) is 0 Å².